The minimum atomic E-state index is 0.142. The van der Waals surface area contributed by atoms with E-state index in [1.54, 1.807) is 0 Å². The molecule has 0 bridgehead atoms. The molecule has 0 fully saturated rings. The van der Waals surface area contributed by atoms with Gasteiger partial charge in [-0.1, -0.05) is 45.0 Å². The van der Waals surface area contributed by atoms with Crippen LogP contribution in [0.1, 0.15) is 26.5 Å². The number of aromatic nitrogens is 1. The summed E-state index contributed by atoms with van der Waals surface area (Å²) in [4.78, 5) is 11.7. The summed E-state index contributed by atoms with van der Waals surface area (Å²) >= 11 is 0. The highest BCUT2D eigenvalue weighted by Crippen LogP contribution is 2.31. The van der Waals surface area contributed by atoms with Gasteiger partial charge in [0.15, 0.2) is 5.84 Å². The van der Waals surface area contributed by atoms with Crippen LogP contribution in [0.3, 0.4) is 0 Å². The van der Waals surface area contributed by atoms with E-state index in [0.717, 1.165) is 18.1 Å². The lowest BCUT2D eigenvalue weighted by Crippen LogP contribution is -2.34. The molecule has 108 valence electrons. The number of amidine groups is 1. The topological polar surface area (TPSA) is 28.5 Å². The van der Waals surface area contributed by atoms with E-state index in [-0.39, 0.29) is 11.5 Å². The predicted molar refractivity (Wildman–Crippen MR) is 87.8 cm³/mol. The molecule has 1 aromatic carbocycles. The normalized spacial score (nSPS) is 18.7. The Balaban J connectivity index is 2.02. The first-order valence-electron chi connectivity index (χ1n) is 7.37. The Bertz CT molecular complexity index is 627. The van der Waals surface area contributed by atoms with Crippen molar-refractivity contribution in [2.24, 2.45) is 10.4 Å². The quantitative estimate of drug-likeness (QED) is 0.837. The van der Waals surface area contributed by atoms with Crippen molar-refractivity contribution in [3.63, 3.8) is 0 Å². The van der Waals surface area contributed by atoms with E-state index in [2.05, 4.69) is 54.9 Å². The molecule has 0 saturated heterocycles. The van der Waals surface area contributed by atoms with Gasteiger partial charge in [0.05, 0.1) is 6.04 Å². The van der Waals surface area contributed by atoms with Gasteiger partial charge in [0.25, 0.3) is 0 Å². The van der Waals surface area contributed by atoms with Crippen molar-refractivity contribution < 1.29 is 0 Å². The van der Waals surface area contributed by atoms with Gasteiger partial charge >= 0.3 is 0 Å². The van der Waals surface area contributed by atoms with Crippen molar-refractivity contribution >= 4 is 11.5 Å². The molecule has 1 aromatic heterocycles. The molecule has 0 radical (unpaired) electrons. The predicted octanol–water partition coefficient (Wildman–Crippen LogP) is 3.76. The first-order valence-corrected chi connectivity index (χ1v) is 7.37. The lowest BCUT2D eigenvalue weighted by molar-refractivity contribution is 0.337. The van der Waals surface area contributed by atoms with Gasteiger partial charge in [-0.25, -0.2) is 0 Å². The molecule has 1 aliphatic rings. The highest BCUT2D eigenvalue weighted by Gasteiger charge is 2.34. The zero-order valence-electron chi connectivity index (χ0n) is 12.8. The zero-order chi connectivity index (χ0) is 14.9. The van der Waals surface area contributed by atoms with Crippen LogP contribution < -0.4 is 4.90 Å². The second kappa shape index (κ2) is 5.32. The molecule has 3 heteroatoms. The first kappa shape index (κ1) is 13.8. The summed E-state index contributed by atoms with van der Waals surface area (Å²) in [7, 11) is 0. The Morgan fingerprint density at radius 1 is 1.00 bits per heavy atom. The third-order valence-electron chi connectivity index (χ3n) is 3.85. The SMILES string of the molecule is CC(C)(C)[C@H]1CN(c2ccccc2)C(c2ccccn2)=N1. The number of para-hydroxylation sites is 1. The van der Waals surface area contributed by atoms with Crippen molar-refractivity contribution in [2.45, 2.75) is 26.8 Å². The lowest BCUT2D eigenvalue weighted by Gasteiger charge is -2.26. The molecule has 0 N–H and O–H groups in total. The minimum Gasteiger partial charge on any atom is -0.323 e. The van der Waals surface area contributed by atoms with Gasteiger partial charge in [-0.05, 0) is 29.7 Å². The third kappa shape index (κ3) is 2.82. The number of pyridine rings is 1. The number of hydrogen-bond acceptors (Lipinski definition) is 3. The number of anilines is 1. The average molecular weight is 279 g/mol. The molecular weight excluding hydrogens is 258 g/mol. The molecule has 1 aliphatic heterocycles. The number of nitrogens with zero attached hydrogens (tertiary/aromatic N) is 3. The fraction of sp³-hybridized carbons (Fsp3) is 0.333. The van der Waals surface area contributed by atoms with E-state index in [1.165, 1.54) is 5.69 Å². The van der Waals surface area contributed by atoms with Gasteiger partial charge in [-0.15, -0.1) is 0 Å². The molecule has 0 unspecified atom stereocenters. The molecule has 3 rings (SSSR count). The summed E-state index contributed by atoms with van der Waals surface area (Å²) in [5, 5.41) is 0. The maximum absolute atomic E-state index is 4.97. The summed E-state index contributed by atoms with van der Waals surface area (Å²) in [6.45, 7) is 7.63. The lowest BCUT2D eigenvalue weighted by atomic mass is 9.87. The molecular formula is C18H21N3. The van der Waals surface area contributed by atoms with Crippen LogP contribution in [0.5, 0.6) is 0 Å². The van der Waals surface area contributed by atoms with Crippen LogP contribution in [-0.2, 0) is 0 Å². The number of rotatable bonds is 2. The second-order valence-corrected chi connectivity index (χ2v) is 6.50. The van der Waals surface area contributed by atoms with Crippen LogP contribution >= 0.6 is 0 Å². The maximum atomic E-state index is 4.97. The van der Waals surface area contributed by atoms with E-state index in [0.29, 0.717) is 0 Å². The van der Waals surface area contributed by atoms with Gasteiger partial charge in [0, 0.05) is 18.4 Å². The molecule has 0 aliphatic carbocycles. The van der Waals surface area contributed by atoms with E-state index >= 15 is 0 Å². The number of benzene rings is 1. The van der Waals surface area contributed by atoms with Crippen molar-refractivity contribution in [3.8, 4) is 0 Å². The summed E-state index contributed by atoms with van der Waals surface area (Å²) < 4.78 is 0. The molecule has 0 spiro atoms. The second-order valence-electron chi connectivity index (χ2n) is 6.50. The molecule has 2 heterocycles. The smallest absolute Gasteiger partial charge is 0.154 e. The zero-order valence-corrected chi connectivity index (χ0v) is 12.8. The van der Waals surface area contributed by atoms with Gasteiger partial charge < -0.3 is 4.90 Å². The number of hydrogen-bond donors (Lipinski definition) is 0. The summed E-state index contributed by atoms with van der Waals surface area (Å²) in [5.74, 6) is 0.974. The Morgan fingerprint density at radius 2 is 1.71 bits per heavy atom. The van der Waals surface area contributed by atoms with Gasteiger partial charge in [-0.3, -0.25) is 9.98 Å². The summed E-state index contributed by atoms with van der Waals surface area (Å²) in [6, 6.07) is 16.7. The minimum absolute atomic E-state index is 0.142. The van der Waals surface area contributed by atoms with Crippen molar-refractivity contribution in [2.75, 3.05) is 11.4 Å². The highest BCUT2D eigenvalue weighted by molar-refractivity contribution is 6.10. The van der Waals surface area contributed by atoms with E-state index < -0.39 is 0 Å². The van der Waals surface area contributed by atoms with E-state index in [4.69, 9.17) is 4.99 Å². The molecule has 0 saturated carbocycles. The molecule has 3 nitrogen and oxygen atoms in total. The Kier molecular flexibility index (Phi) is 3.50. The highest BCUT2D eigenvalue weighted by atomic mass is 15.3. The Labute approximate surface area is 126 Å². The fourth-order valence-electron chi connectivity index (χ4n) is 2.52. The van der Waals surface area contributed by atoms with Crippen molar-refractivity contribution in [3.05, 3.63) is 60.4 Å². The standard InChI is InChI=1S/C18H21N3/c1-18(2,3)16-13-21(14-9-5-4-6-10-14)17(20-16)15-11-7-8-12-19-15/h4-12,16H,13H2,1-3H3/t16-/m1/s1. The Hall–Kier alpha value is -2.16. The third-order valence-corrected chi connectivity index (χ3v) is 3.85. The molecule has 1 atom stereocenters. The molecule has 2 aromatic rings. The largest absolute Gasteiger partial charge is 0.323 e. The fourth-order valence-corrected chi connectivity index (χ4v) is 2.52. The number of aliphatic imine (C=N–C) groups is 1. The monoisotopic (exact) mass is 279 g/mol. The Morgan fingerprint density at radius 3 is 2.33 bits per heavy atom. The van der Waals surface area contributed by atoms with E-state index in [1.807, 2.05) is 30.5 Å². The molecule has 21 heavy (non-hydrogen) atoms. The van der Waals surface area contributed by atoms with Gasteiger partial charge in [0.2, 0.25) is 0 Å². The summed E-state index contributed by atoms with van der Waals surface area (Å²) in [6.07, 6.45) is 1.82. The maximum Gasteiger partial charge on any atom is 0.154 e. The van der Waals surface area contributed by atoms with Gasteiger partial charge in [0.1, 0.15) is 5.69 Å². The van der Waals surface area contributed by atoms with Crippen LogP contribution in [0.2, 0.25) is 0 Å². The average Bonchev–Trinajstić information content (AvgIpc) is 2.94. The van der Waals surface area contributed by atoms with Crippen LogP contribution in [0.15, 0.2) is 59.7 Å². The van der Waals surface area contributed by atoms with Crippen molar-refractivity contribution in [1.82, 2.24) is 4.98 Å². The van der Waals surface area contributed by atoms with Crippen LogP contribution in [-0.4, -0.2) is 23.4 Å². The van der Waals surface area contributed by atoms with Crippen LogP contribution in [0.4, 0.5) is 5.69 Å². The van der Waals surface area contributed by atoms with Gasteiger partial charge in [-0.2, -0.15) is 0 Å². The van der Waals surface area contributed by atoms with Crippen LogP contribution in [0, 0.1) is 5.41 Å². The van der Waals surface area contributed by atoms with E-state index in [9.17, 15) is 0 Å². The van der Waals surface area contributed by atoms with Crippen LogP contribution in [0.25, 0.3) is 0 Å². The molecule has 0 amide bonds. The first-order chi connectivity index (χ1) is 10.1. The summed E-state index contributed by atoms with van der Waals surface area (Å²) in [5.41, 5.74) is 2.26. The van der Waals surface area contributed by atoms with Crippen molar-refractivity contribution in [1.29, 1.82) is 0 Å².